The number of carbonyl (C=O) groups excluding carboxylic acids is 1. The van der Waals surface area contributed by atoms with Crippen LogP contribution >= 0.6 is 11.6 Å². The lowest BCUT2D eigenvalue weighted by Gasteiger charge is -2.18. The molecule has 0 saturated carbocycles. The van der Waals surface area contributed by atoms with Crippen molar-refractivity contribution in [1.29, 1.82) is 0 Å². The van der Waals surface area contributed by atoms with Crippen molar-refractivity contribution in [3.8, 4) is 11.4 Å². The van der Waals surface area contributed by atoms with Gasteiger partial charge in [0.05, 0.1) is 34.6 Å². The summed E-state index contributed by atoms with van der Waals surface area (Å²) < 4.78 is 8.13. The predicted octanol–water partition coefficient (Wildman–Crippen LogP) is 4.45. The maximum absolute atomic E-state index is 13.5. The van der Waals surface area contributed by atoms with Gasteiger partial charge in [-0.25, -0.2) is 9.36 Å². The number of amides is 1. The molecule has 0 saturated heterocycles. The third-order valence-corrected chi connectivity index (χ3v) is 5.84. The number of nitrogens with one attached hydrogen (secondary N) is 1. The monoisotopic (exact) mass is 465 g/mol. The van der Waals surface area contributed by atoms with Crippen LogP contribution in [0.25, 0.3) is 16.6 Å². The molecule has 2 aromatic heterocycles. The zero-order chi connectivity index (χ0) is 23.7. The van der Waals surface area contributed by atoms with Crippen LogP contribution in [-0.2, 0) is 4.79 Å². The smallest absolute Gasteiger partial charge is 0.278 e. The molecule has 0 fully saturated rings. The Bertz CT molecular complexity index is 1390. The van der Waals surface area contributed by atoms with Crippen molar-refractivity contribution in [3.05, 3.63) is 75.3 Å². The van der Waals surface area contributed by atoms with Gasteiger partial charge in [0.15, 0.2) is 0 Å². The number of nitrogens with zero attached hydrogens (tertiary/aromatic N) is 4. The highest BCUT2D eigenvalue weighted by molar-refractivity contribution is 6.32. The highest BCUT2D eigenvalue weighted by Gasteiger charge is 2.25. The van der Waals surface area contributed by atoms with Crippen molar-refractivity contribution in [2.24, 2.45) is 0 Å². The Morgan fingerprint density at radius 3 is 2.52 bits per heavy atom. The summed E-state index contributed by atoms with van der Waals surface area (Å²) in [6.07, 6.45) is 0.374. The third kappa shape index (κ3) is 4.09. The second-order valence-corrected chi connectivity index (χ2v) is 8.06. The molecule has 4 rings (SSSR count). The standard InChI is InChI=1S/C24H24ClN5O3/c1-5-19(23(31)26-16-11-12-20(33-4)18(25)13-16)30-24(32)21-15(3)29(17-9-7-6-8-10-17)28-22(21)14(2)27-30/h6-13,19H,5H2,1-4H3,(H,26,31)/t19-/m0/s1. The summed E-state index contributed by atoms with van der Waals surface area (Å²) in [5.41, 5.74) is 2.78. The Labute approximate surface area is 195 Å². The van der Waals surface area contributed by atoms with Crippen LogP contribution in [0.5, 0.6) is 5.75 Å². The van der Waals surface area contributed by atoms with Crippen molar-refractivity contribution >= 4 is 34.1 Å². The molecule has 1 N–H and O–H groups in total. The number of anilines is 1. The number of benzene rings is 2. The van der Waals surface area contributed by atoms with E-state index in [2.05, 4.69) is 15.5 Å². The van der Waals surface area contributed by atoms with Crippen molar-refractivity contribution < 1.29 is 9.53 Å². The number of halogens is 1. The molecule has 0 aliphatic carbocycles. The van der Waals surface area contributed by atoms with Crippen LogP contribution in [-0.4, -0.2) is 32.6 Å². The number of hydrogen-bond donors (Lipinski definition) is 1. The number of aromatic nitrogens is 4. The number of carbonyl (C=O) groups is 1. The first kappa shape index (κ1) is 22.5. The van der Waals surface area contributed by atoms with Gasteiger partial charge >= 0.3 is 0 Å². The quantitative estimate of drug-likeness (QED) is 0.454. The Kier molecular flexibility index (Phi) is 6.20. The molecule has 2 aromatic carbocycles. The van der Waals surface area contributed by atoms with E-state index in [4.69, 9.17) is 16.3 Å². The molecular formula is C24H24ClN5O3. The molecule has 0 bridgehead atoms. The van der Waals surface area contributed by atoms with Crippen LogP contribution in [0.4, 0.5) is 5.69 Å². The maximum atomic E-state index is 13.5. The minimum absolute atomic E-state index is 0.356. The maximum Gasteiger partial charge on any atom is 0.278 e. The van der Waals surface area contributed by atoms with Crippen LogP contribution in [0.15, 0.2) is 53.3 Å². The van der Waals surface area contributed by atoms with Gasteiger partial charge in [-0.05, 0) is 50.6 Å². The number of fused-ring (bicyclic) bond motifs is 1. The molecule has 1 amide bonds. The van der Waals surface area contributed by atoms with Crippen molar-refractivity contribution in [2.75, 3.05) is 12.4 Å². The largest absolute Gasteiger partial charge is 0.495 e. The minimum atomic E-state index is -0.805. The lowest BCUT2D eigenvalue weighted by molar-refractivity contribution is -0.119. The minimum Gasteiger partial charge on any atom is -0.495 e. The number of hydrogen-bond acceptors (Lipinski definition) is 5. The summed E-state index contributed by atoms with van der Waals surface area (Å²) in [6, 6.07) is 13.7. The predicted molar refractivity (Wildman–Crippen MR) is 129 cm³/mol. The molecule has 8 nitrogen and oxygen atoms in total. The van der Waals surface area contributed by atoms with Gasteiger partial charge in [-0.1, -0.05) is 36.7 Å². The summed E-state index contributed by atoms with van der Waals surface area (Å²) in [4.78, 5) is 26.6. The number of rotatable bonds is 6. The Morgan fingerprint density at radius 1 is 1.15 bits per heavy atom. The van der Waals surface area contributed by atoms with Crippen molar-refractivity contribution in [3.63, 3.8) is 0 Å². The van der Waals surface area contributed by atoms with Crippen LogP contribution < -0.4 is 15.6 Å². The van der Waals surface area contributed by atoms with Gasteiger partial charge in [-0.15, -0.1) is 0 Å². The zero-order valence-electron chi connectivity index (χ0n) is 18.8. The van der Waals surface area contributed by atoms with Gasteiger partial charge in [0.25, 0.3) is 5.56 Å². The molecule has 0 aliphatic heterocycles. The Morgan fingerprint density at radius 2 is 1.88 bits per heavy atom. The molecule has 2 heterocycles. The van der Waals surface area contributed by atoms with Gasteiger partial charge in [0, 0.05) is 5.69 Å². The van der Waals surface area contributed by atoms with E-state index in [0.717, 1.165) is 5.69 Å². The lowest BCUT2D eigenvalue weighted by Crippen LogP contribution is -2.35. The number of para-hydroxylation sites is 1. The normalized spacial score (nSPS) is 12.0. The summed E-state index contributed by atoms with van der Waals surface area (Å²) in [5, 5.41) is 12.7. The molecule has 0 unspecified atom stereocenters. The fourth-order valence-corrected chi connectivity index (χ4v) is 4.11. The first-order valence-electron chi connectivity index (χ1n) is 10.5. The van der Waals surface area contributed by atoms with Crippen molar-refractivity contribution in [1.82, 2.24) is 19.6 Å². The summed E-state index contributed by atoms with van der Waals surface area (Å²) in [5.74, 6) is 0.145. The second-order valence-electron chi connectivity index (χ2n) is 7.65. The molecule has 0 spiro atoms. The summed E-state index contributed by atoms with van der Waals surface area (Å²) in [7, 11) is 1.52. The average molecular weight is 466 g/mol. The first-order valence-corrected chi connectivity index (χ1v) is 10.9. The van der Waals surface area contributed by atoms with Gasteiger partial charge in [0.2, 0.25) is 5.91 Å². The van der Waals surface area contributed by atoms with E-state index in [1.807, 2.05) is 44.2 Å². The average Bonchev–Trinajstić information content (AvgIpc) is 3.16. The number of aryl methyl sites for hydroxylation is 2. The van der Waals surface area contributed by atoms with E-state index in [1.165, 1.54) is 11.8 Å². The van der Waals surface area contributed by atoms with E-state index < -0.39 is 6.04 Å². The highest BCUT2D eigenvalue weighted by Crippen LogP contribution is 2.28. The molecule has 0 radical (unpaired) electrons. The fraction of sp³-hybridized carbons (Fsp3) is 0.250. The Hall–Kier alpha value is -3.65. The SMILES string of the molecule is CC[C@@H](C(=O)Nc1ccc(OC)c(Cl)c1)n1nc(C)c2nn(-c3ccccc3)c(C)c2c1=O. The fourth-order valence-electron chi connectivity index (χ4n) is 3.85. The topological polar surface area (TPSA) is 91.0 Å². The van der Waals surface area contributed by atoms with E-state index in [9.17, 15) is 9.59 Å². The summed E-state index contributed by atoms with van der Waals surface area (Å²) in [6.45, 7) is 5.46. The first-order chi connectivity index (χ1) is 15.8. The number of ether oxygens (including phenoxy) is 1. The van der Waals surface area contributed by atoms with Crippen LogP contribution in [0, 0.1) is 13.8 Å². The molecule has 9 heteroatoms. The Balaban J connectivity index is 1.75. The van der Waals surface area contributed by atoms with Gasteiger partial charge in [-0.3, -0.25) is 9.59 Å². The van der Waals surface area contributed by atoms with E-state index >= 15 is 0 Å². The van der Waals surface area contributed by atoms with E-state index in [0.29, 0.717) is 45.2 Å². The van der Waals surface area contributed by atoms with Crippen LogP contribution in [0.3, 0.4) is 0 Å². The summed E-state index contributed by atoms with van der Waals surface area (Å²) >= 11 is 6.17. The second kappa shape index (κ2) is 9.07. The molecule has 1 atom stereocenters. The molecular weight excluding hydrogens is 442 g/mol. The van der Waals surface area contributed by atoms with Gasteiger partial charge in [0.1, 0.15) is 17.3 Å². The van der Waals surface area contributed by atoms with Crippen LogP contribution in [0.1, 0.15) is 30.8 Å². The third-order valence-electron chi connectivity index (χ3n) is 5.54. The molecule has 170 valence electrons. The lowest BCUT2D eigenvalue weighted by atomic mass is 10.1. The molecule has 0 aliphatic rings. The zero-order valence-corrected chi connectivity index (χ0v) is 19.6. The van der Waals surface area contributed by atoms with E-state index in [-0.39, 0.29) is 11.5 Å². The molecule has 33 heavy (non-hydrogen) atoms. The molecule has 4 aromatic rings. The van der Waals surface area contributed by atoms with Gasteiger partial charge in [-0.2, -0.15) is 10.2 Å². The highest BCUT2D eigenvalue weighted by atomic mass is 35.5. The van der Waals surface area contributed by atoms with Crippen molar-refractivity contribution in [2.45, 2.75) is 33.2 Å². The van der Waals surface area contributed by atoms with E-state index in [1.54, 1.807) is 29.8 Å². The van der Waals surface area contributed by atoms with Crippen LogP contribution in [0.2, 0.25) is 5.02 Å². The number of methoxy groups -OCH3 is 1. The van der Waals surface area contributed by atoms with Gasteiger partial charge < -0.3 is 10.1 Å².